The van der Waals surface area contributed by atoms with Gasteiger partial charge >= 0.3 is 0 Å². The molecule has 0 spiro atoms. The van der Waals surface area contributed by atoms with Crippen LogP contribution < -0.4 is 0 Å². The van der Waals surface area contributed by atoms with Gasteiger partial charge in [-0.25, -0.2) is 8.42 Å². The van der Waals surface area contributed by atoms with Crippen molar-refractivity contribution >= 4 is 31.3 Å². The fourth-order valence-electron chi connectivity index (χ4n) is 0.415. The number of hydrogen-bond donors (Lipinski definition) is 0. The Bertz CT molecular complexity index is 299. The van der Waals surface area contributed by atoms with Gasteiger partial charge in [0.25, 0.3) is 0 Å². The molecule has 1 rings (SSSR count). The normalized spacial score (nSPS) is 9.92. The van der Waals surface area contributed by atoms with Crippen LogP contribution in [0.2, 0.25) is 5.02 Å². The van der Waals surface area contributed by atoms with E-state index in [1.54, 1.807) is 0 Å². The molecule has 0 saturated carbocycles. The number of hydrogen-bond acceptors (Lipinski definition) is 2. The zero-order chi connectivity index (χ0) is 9.61. The maximum Gasteiger partial charge on any atom is 0.229 e. The minimum Gasteiger partial charge on any atom is -0.213 e. The van der Waals surface area contributed by atoms with Crippen LogP contribution in [-0.4, -0.2) is 14.7 Å². The Morgan fingerprint density at radius 1 is 1.17 bits per heavy atom. The van der Waals surface area contributed by atoms with Crippen molar-refractivity contribution in [1.82, 2.24) is 0 Å². The second-order valence-corrected chi connectivity index (χ2v) is 5.46. The van der Waals surface area contributed by atoms with Gasteiger partial charge in [-0.05, 0) is 12.1 Å². The second kappa shape index (κ2) is 5.41. The average Bonchev–Trinajstić information content (AvgIpc) is 1.85. The summed E-state index contributed by atoms with van der Waals surface area (Å²) in [7, 11) is 1.31. The van der Waals surface area contributed by atoms with Crippen LogP contribution in [0.1, 0.15) is 0 Å². The van der Waals surface area contributed by atoms with Crippen molar-refractivity contribution in [2.75, 3.05) is 6.26 Å². The van der Waals surface area contributed by atoms with Crippen LogP contribution in [0, 0.1) is 0 Å². The SMILES string of the molecule is CS(=O)(=O)Cl.Clc1ccccc1. The van der Waals surface area contributed by atoms with Gasteiger partial charge in [-0.1, -0.05) is 29.8 Å². The van der Waals surface area contributed by atoms with Crippen LogP contribution in [-0.2, 0) is 9.05 Å². The van der Waals surface area contributed by atoms with Gasteiger partial charge in [-0.2, -0.15) is 0 Å². The van der Waals surface area contributed by atoms with E-state index >= 15 is 0 Å². The lowest BCUT2D eigenvalue weighted by Crippen LogP contribution is -1.76. The predicted molar refractivity (Wildman–Crippen MR) is 52.1 cm³/mol. The highest BCUT2D eigenvalue weighted by atomic mass is 35.7. The molecule has 0 amide bonds. The zero-order valence-electron chi connectivity index (χ0n) is 6.37. The minimum absolute atomic E-state index is 0.794. The first-order valence-electron chi connectivity index (χ1n) is 3.00. The highest BCUT2D eigenvalue weighted by Gasteiger charge is 1.83. The number of benzene rings is 1. The summed E-state index contributed by atoms with van der Waals surface area (Å²) in [6.07, 6.45) is 0.925. The molecule has 0 N–H and O–H groups in total. The number of halogens is 2. The first kappa shape index (κ1) is 11.8. The van der Waals surface area contributed by atoms with Crippen molar-refractivity contribution in [3.8, 4) is 0 Å². The monoisotopic (exact) mass is 226 g/mol. The van der Waals surface area contributed by atoms with Gasteiger partial charge in [-0.3, -0.25) is 0 Å². The van der Waals surface area contributed by atoms with E-state index in [1.165, 1.54) is 0 Å². The Labute approximate surface area is 81.5 Å². The lowest BCUT2D eigenvalue weighted by molar-refractivity contribution is 0.615. The molecule has 0 aliphatic carbocycles. The van der Waals surface area contributed by atoms with E-state index in [9.17, 15) is 8.42 Å². The molecule has 0 aromatic heterocycles. The molecular weight excluding hydrogens is 219 g/mol. The molecule has 0 bridgehead atoms. The van der Waals surface area contributed by atoms with Crippen molar-refractivity contribution in [2.24, 2.45) is 0 Å². The smallest absolute Gasteiger partial charge is 0.213 e. The third kappa shape index (κ3) is 12.4. The summed E-state index contributed by atoms with van der Waals surface area (Å²) in [6, 6.07) is 9.44. The molecule has 0 heterocycles. The first-order chi connectivity index (χ1) is 5.39. The third-order valence-electron chi connectivity index (χ3n) is 0.733. The predicted octanol–water partition coefficient (Wildman–Crippen LogP) is 2.52. The molecule has 12 heavy (non-hydrogen) atoms. The minimum atomic E-state index is -3.19. The standard InChI is InChI=1S/C6H5Cl.CH3ClO2S/c7-6-4-2-1-3-5-6;1-5(2,3)4/h1-5H;1H3. The Balaban J connectivity index is 0.000000217. The molecule has 0 unspecified atom stereocenters. The maximum atomic E-state index is 9.40. The van der Waals surface area contributed by atoms with Gasteiger partial charge in [0.05, 0.1) is 6.26 Å². The summed E-state index contributed by atoms with van der Waals surface area (Å²) in [5.41, 5.74) is 0. The van der Waals surface area contributed by atoms with Gasteiger partial charge in [-0.15, -0.1) is 0 Å². The summed E-state index contributed by atoms with van der Waals surface area (Å²) >= 11 is 5.54. The third-order valence-corrected chi connectivity index (χ3v) is 0.985. The molecular formula is C7H8Cl2O2S. The summed E-state index contributed by atoms with van der Waals surface area (Å²) in [5, 5.41) is 0.794. The summed E-state index contributed by atoms with van der Waals surface area (Å²) in [6.45, 7) is 0. The molecule has 0 fully saturated rings. The van der Waals surface area contributed by atoms with Gasteiger partial charge in [0, 0.05) is 15.7 Å². The molecule has 5 heteroatoms. The van der Waals surface area contributed by atoms with Crippen molar-refractivity contribution in [2.45, 2.75) is 0 Å². The molecule has 68 valence electrons. The van der Waals surface area contributed by atoms with Gasteiger partial charge in [0.2, 0.25) is 9.05 Å². The van der Waals surface area contributed by atoms with Crippen molar-refractivity contribution in [1.29, 1.82) is 0 Å². The molecule has 0 atom stereocenters. The fraction of sp³-hybridized carbons (Fsp3) is 0.143. The highest BCUT2D eigenvalue weighted by molar-refractivity contribution is 8.13. The summed E-state index contributed by atoms with van der Waals surface area (Å²) in [5.74, 6) is 0. The van der Waals surface area contributed by atoms with E-state index < -0.39 is 9.05 Å². The van der Waals surface area contributed by atoms with Gasteiger partial charge in [0.15, 0.2) is 0 Å². The van der Waals surface area contributed by atoms with Crippen molar-refractivity contribution < 1.29 is 8.42 Å². The Morgan fingerprint density at radius 3 is 1.67 bits per heavy atom. The molecule has 1 aromatic carbocycles. The van der Waals surface area contributed by atoms with Crippen LogP contribution in [0.3, 0.4) is 0 Å². The Morgan fingerprint density at radius 2 is 1.50 bits per heavy atom. The Kier molecular flexibility index (Phi) is 5.29. The molecule has 1 aromatic rings. The maximum absolute atomic E-state index is 9.40. The summed E-state index contributed by atoms with van der Waals surface area (Å²) < 4.78 is 18.8. The van der Waals surface area contributed by atoms with Crippen LogP contribution in [0.25, 0.3) is 0 Å². The summed E-state index contributed by atoms with van der Waals surface area (Å²) in [4.78, 5) is 0. The van der Waals surface area contributed by atoms with E-state index in [-0.39, 0.29) is 0 Å². The van der Waals surface area contributed by atoms with E-state index in [4.69, 9.17) is 11.6 Å². The van der Waals surface area contributed by atoms with E-state index in [1.807, 2.05) is 30.3 Å². The second-order valence-electron chi connectivity index (χ2n) is 1.98. The first-order valence-corrected chi connectivity index (χ1v) is 6.09. The lowest BCUT2D eigenvalue weighted by Gasteiger charge is -1.80. The molecule has 2 nitrogen and oxygen atoms in total. The zero-order valence-corrected chi connectivity index (χ0v) is 8.70. The highest BCUT2D eigenvalue weighted by Crippen LogP contribution is 2.03. The molecule has 0 aliphatic heterocycles. The molecule has 0 saturated heterocycles. The molecule has 0 aliphatic rings. The topological polar surface area (TPSA) is 34.1 Å². The van der Waals surface area contributed by atoms with Gasteiger partial charge < -0.3 is 0 Å². The molecule has 0 radical (unpaired) electrons. The Hall–Kier alpha value is -0.250. The van der Waals surface area contributed by atoms with Crippen LogP contribution in [0.15, 0.2) is 30.3 Å². The average molecular weight is 227 g/mol. The fourth-order valence-corrected chi connectivity index (χ4v) is 0.560. The number of rotatable bonds is 0. The quantitative estimate of drug-likeness (QED) is 0.638. The van der Waals surface area contributed by atoms with Crippen LogP contribution in [0.5, 0.6) is 0 Å². The van der Waals surface area contributed by atoms with Crippen LogP contribution >= 0.6 is 22.3 Å². The largest absolute Gasteiger partial charge is 0.229 e. The van der Waals surface area contributed by atoms with Crippen molar-refractivity contribution in [3.63, 3.8) is 0 Å². The van der Waals surface area contributed by atoms with E-state index in [0.717, 1.165) is 11.3 Å². The van der Waals surface area contributed by atoms with E-state index in [2.05, 4.69) is 10.7 Å². The van der Waals surface area contributed by atoms with Gasteiger partial charge in [0.1, 0.15) is 0 Å². The van der Waals surface area contributed by atoms with Crippen LogP contribution in [0.4, 0.5) is 0 Å². The van der Waals surface area contributed by atoms with E-state index in [0.29, 0.717) is 0 Å². The van der Waals surface area contributed by atoms with Crippen molar-refractivity contribution in [3.05, 3.63) is 35.4 Å². The lowest BCUT2D eigenvalue weighted by atomic mass is 10.4.